The molecule has 0 spiro atoms. The van der Waals surface area contributed by atoms with Crippen LogP contribution in [0.3, 0.4) is 0 Å². The molecule has 1 heterocycles. The first-order valence-electron chi connectivity index (χ1n) is 7.39. The Morgan fingerprint density at radius 3 is 2.65 bits per heavy atom. The first-order chi connectivity index (χ1) is 9.70. The first kappa shape index (κ1) is 15.4. The molecule has 0 amide bonds. The van der Waals surface area contributed by atoms with E-state index in [0.29, 0.717) is 12.6 Å². The monoisotopic (exact) mass is 281 g/mol. The van der Waals surface area contributed by atoms with Crippen molar-refractivity contribution in [3.63, 3.8) is 0 Å². The van der Waals surface area contributed by atoms with Gasteiger partial charge in [0.1, 0.15) is 5.82 Å². The molecular formula is C16H24FNO2. The van der Waals surface area contributed by atoms with Gasteiger partial charge in [0.15, 0.2) is 0 Å². The van der Waals surface area contributed by atoms with Crippen molar-refractivity contribution >= 4 is 0 Å². The van der Waals surface area contributed by atoms with Crippen LogP contribution < -0.4 is 5.73 Å². The lowest BCUT2D eigenvalue weighted by Gasteiger charge is -2.31. The van der Waals surface area contributed by atoms with Crippen molar-refractivity contribution in [1.29, 1.82) is 0 Å². The van der Waals surface area contributed by atoms with Crippen molar-refractivity contribution in [3.05, 3.63) is 35.6 Å². The summed E-state index contributed by atoms with van der Waals surface area (Å²) in [5.41, 5.74) is 6.34. The Hall–Kier alpha value is -0.970. The number of hydrogen-bond acceptors (Lipinski definition) is 3. The fourth-order valence-electron chi connectivity index (χ4n) is 2.94. The number of hydrogen-bond donors (Lipinski definition) is 2. The summed E-state index contributed by atoms with van der Waals surface area (Å²) in [5.74, 6) is -0.267. The maximum Gasteiger partial charge on any atom is 0.123 e. The molecule has 4 heteroatoms. The van der Waals surface area contributed by atoms with Gasteiger partial charge in [-0.2, -0.15) is 0 Å². The third-order valence-electron chi connectivity index (χ3n) is 4.36. The van der Waals surface area contributed by atoms with Gasteiger partial charge in [-0.15, -0.1) is 0 Å². The maximum atomic E-state index is 13.0. The van der Waals surface area contributed by atoms with E-state index in [-0.39, 0.29) is 12.4 Å². The van der Waals surface area contributed by atoms with Crippen molar-refractivity contribution < 1.29 is 14.2 Å². The molecule has 1 saturated heterocycles. The second kappa shape index (κ2) is 7.16. The fraction of sp³-hybridized carbons (Fsp3) is 0.625. The highest BCUT2D eigenvalue weighted by Gasteiger charge is 2.30. The van der Waals surface area contributed by atoms with E-state index in [1.54, 1.807) is 12.1 Å². The molecule has 1 aromatic rings. The van der Waals surface area contributed by atoms with Crippen LogP contribution in [0.1, 0.15) is 37.7 Å². The molecule has 2 unspecified atom stereocenters. The van der Waals surface area contributed by atoms with E-state index >= 15 is 0 Å². The van der Waals surface area contributed by atoms with Crippen LogP contribution in [0.2, 0.25) is 0 Å². The van der Waals surface area contributed by atoms with E-state index in [9.17, 15) is 9.50 Å². The molecule has 1 aliphatic heterocycles. The third-order valence-corrected chi connectivity index (χ3v) is 4.36. The van der Waals surface area contributed by atoms with Crippen molar-refractivity contribution in [2.75, 3.05) is 19.8 Å². The topological polar surface area (TPSA) is 55.5 Å². The summed E-state index contributed by atoms with van der Waals surface area (Å²) in [7, 11) is 0. The summed E-state index contributed by atoms with van der Waals surface area (Å²) >= 11 is 0. The van der Waals surface area contributed by atoms with Crippen LogP contribution in [0.4, 0.5) is 4.39 Å². The maximum absolute atomic E-state index is 13.0. The fourth-order valence-corrected chi connectivity index (χ4v) is 2.94. The number of benzene rings is 1. The van der Waals surface area contributed by atoms with Gasteiger partial charge in [-0.05, 0) is 49.8 Å². The van der Waals surface area contributed by atoms with E-state index in [2.05, 4.69) is 0 Å². The number of aliphatic hydroxyl groups is 1. The van der Waals surface area contributed by atoms with Gasteiger partial charge in [0.25, 0.3) is 0 Å². The van der Waals surface area contributed by atoms with Gasteiger partial charge in [0.2, 0.25) is 0 Å². The summed E-state index contributed by atoms with van der Waals surface area (Å²) < 4.78 is 18.6. The average Bonchev–Trinajstić information content (AvgIpc) is 2.98. The van der Waals surface area contributed by atoms with Gasteiger partial charge in [-0.1, -0.05) is 12.1 Å². The number of halogens is 1. The Morgan fingerprint density at radius 1 is 1.35 bits per heavy atom. The van der Waals surface area contributed by atoms with Gasteiger partial charge >= 0.3 is 0 Å². The second-order valence-corrected chi connectivity index (χ2v) is 5.68. The molecule has 20 heavy (non-hydrogen) atoms. The van der Waals surface area contributed by atoms with Crippen LogP contribution in [-0.2, 0) is 10.2 Å². The van der Waals surface area contributed by atoms with Gasteiger partial charge < -0.3 is 15.6 Å². The number of aliphatic hydroxyl groups excluding tert-OH is 1. The average molecular weight is 281 g/mol. The zero-order valence-electron chi connectivity index (χ0n) is 11.9. The summed E-state index contributed by atoms with van der Waals surface area (Å²) in [6.07, 6.45) is 5.39. The summed E-state index contributed by atoms with van der Waals surface area (Å²) in [4.78, 5) is 0. The van der Waals surface area contributed by atoms with Crippen LogP contribution in [-0.4, -0.2) is 31.0 Å². The molecular weight excluding hydrogens is 257 g/mol. The molecule has 3 N–H and O–H groups in total. The predicted octanol–water partition coefficient (Wildman–Crippen LogP) is 2.36. The molecule has 0 aliphatic carbocycles. The number of nitrogens with two attached hydrogens (primary N) is 1. The summed E-state index contributed by atoms with van der Waals surface area (Å²) in [6.45, 7) is 1.21. The highest BCUT2D eigenvalue weighted by molar-refractivity contribution is 5.26. The second-order valence-electron chi connectivity index (χ2n) is 5.68. The molecule has 0 bridgehead atoms. The molecule has 0 aromatic heterocycles. The largest absolute Gasteiger partial charge is 0.395 e. The van der Waals surface area contributed by atoms with Crippen molar-refractivity contribution in [3.8, 4) is 0 Å². The van der Waals surface area contributed by atoms with E-state index in [1.807, 2.05) is 0 Å². The lowest BCUT2D eigenvalue weighted by molar-refractivity contribution is 0.0972. The van der Waals surface area contributed by atoms with E-state index in [1.165, 1.54) is 12.1 Å². The zero-order valence-corrected chi connectivity index (χ0v) is 11.9. The number of ether oxygens (including phenoxy) is 1. The van der Waals surface area contributed by atoms with Gasteiger partial charge in [0.05, 0.1) is 12.7 Å². The first-order valence-corrected chi connectivity index (χ1v) is 7.39. The molecule has 2 atom stereocenters. The van der Waals surface area contributed by atoms with Gasteiger partial charge in [0, 0.05) is 18.6 Å². The Balaban J connectivity index is 1.98. The standard InChI is InChI=1S/C16H24FNO2/c17-14-7-5-13(6-8-14)16(11-18,12-19)9-1-3-15-4-2-10-20-15/h5-8,15,19H,1-4,9-12,18H2. The van der Waals surface area contributed by atoms with Gasteiger partial charge in [-0.25, -0.2) is 4.39 Å². The molecule has 1 aliphatic rings. The Labute approximate surface area is 119 Å². The summed E-state index contributed by atoms with van der Waals surface area (Å²) in [6, 6.07) is 6.31. The zero-order chi connectivity index (χ0) is 14.4. The van der Waals surface area contributed by atoms with E-state index in [4.69, 9.17) is 10.5 Å². The Kier molecular flexibility index (Phi) is 5.52. The minimum absolute atomic E-state index is 0.0132. The highest BCUT2D eigenvalue weighted by atomic mass is 19.1. The van der Waals surface area contributed by atoms with Crippen LogP contribution >= 0.6 is 0 Å². The molecule has 0 radical (unpaired) electrons. The van der Waals surface area contributed by atoms with Crippen LogP contribution in [0.25, 0.3) is 0 Å². The smallest absolute Gasteiger partial charge is 0.123 e. The minimum atomic E-state index is -0.466. The Bertz CT molecular complexity index is 397. The van der Waals surface area contributed by atoms with Crippen molar-refractivity contribution in [2.24, 2.45) is 5.73 Å². The molecule has 1 aromatic carbocycles. The third kappa shape index (κ3) is 3.57. The lowest BCUT2D eigenvalue weighted by atomic mass is 9.77. The normalized spacial score (nSPS) is 21.9. The molecule has 1 fully saturated rings. The minimum Gasteiger partial charge on any atom is -0.395 e. The quantitative estimate of drug-likeness (QED) is 0.806. The lowest BCUT2D eigenvalue weighted by Crippen LogP contribution is -2.39. The van der Waals surface area contributed by atoms with E-state index < -0.39 is 5.41 Å². The Morgan fingerprint density at radius 2 is 2.10 bits per heavy atom. The summed E-state index contributed by atoms with van der Waals surface area (Å²) in [5, 5.41) is 9.79. The predicted molar refractivity (Wildman–Crippen MR) is 77.0 cm³/mol. The highest BCUT2D eigenvalue weighted by Crippen LogP contribution is 2.30. The van der Waals surface area contributed by atoms with E-state index in [0.717, 1.165) is 44.3 Å². The van der Waals surface area contributed by atoms with Crippen molar-refractivity contribution in [1.82, 2.24) is 0 Å². The van der Waals surface area contributed by atoms with Crippen LogP contribution in [0.5, 0.6) is 0 Å². The van der Waals surface area contributed by atoms with Gasteiger partial charge in [-0.3, -0.25) is 0 Å². The molecule has 112 valence electrons. The molecule has 2 rings (SSSR count). The number of rotatable bonds is 7. The van der Waals surface area contributed by atoms with Crippen LogP contribution in [0.15, 0.2) is 24.3 Å². The molecule has 0 saturated carbocycles. The SMILES string of the molecule is NCC(CO)(CCCC1CCCO1)c1ccc(F)cc1. The van der Waals surface area contributed by atoms with Crippen molar-refractivity contribution in [2.45, 2.75) is 43.6 Å². The van der Waals surface area contributed by atoms with Crippen LogP contribution in [0, 0.1) is 5.82 Å². The molecule has 3 nitrogen and oxygen atoms in total.